The number of amides is 1. The Bertz CT molecular complexity index is 859. The van der Waals surface area contributed by atoms with E-state index < -0.39 is 6.10 Å². The fourth-order valence-electron chi connectivity index (χ4n) is 3.47. The van der Waals surface area contributed by atoms with Crippen molar-refractivity contribution in [3.63, 3.8) is 0 Å². The quantitative estimate of drug-likeness (QED) is 0.784. The molecule has 6 nitrogen and oxygen atoms in total. The van der Waals surface area contributed by atoms with Crippen molar-refractivity contribution in [1.29, 1.82) is 0 Å². The molecule has 3 heterocycles. The second-order valence-corrected chi connectivity index (χ2v) is 6.30. The maximum Gasteiger partial charge on any atom is 0.256 e. The minimum atomic E-state index is -0.553. The third-order valence-corrected chi connectivity index (χ3v) is 4.82. The molecule has 0 saturated carbocycles. The normalized spacial score (nSPS) is 19.5. The summed E-state index contributed by atoms with van der Waals surface area (Å²) in [6.45, 7) is 1.44. The Morgan fingerprint density at radius 1 is 1.29 bits per heavy atom. The summed E-state index contributed by atoms with van der Waals surface area (Å²) in [4.78, 5) is 31.2. The van der Waals surface area contributed by atoms with E-state index in [1.54, 1.807) is 11.9 Å². The van der Waals surface area contributed by atoms with Crippen LogP contribution >= 0.6 is 0 Å². The van der Waals surface area contributed by atoms with Crippen LogP contribution in [0.1, 0.15) is 28.5 Å². The highest BCUT2D eigenvalue weighted by Gasteiger charge is 2.33. The van der Waals surface area contributed by atoms with Crippen LogP contribution in [0.4, 0.5) is 0 Å². The van der Waals surface area contributed by atoms with Gasteiger partial charge in [0.2, 0.25) is 0 Å². The number of hydrogen-bond donors (Lipinski definition) is 0. The van der Waals surface area contributed by atoms with Crippen LogP contribution in [0, 0.1) is 0 Å². The van der Waals surface area contributed by atoms with Gasteiger partial charge in [-0.15, -0.1) is 0 Å². The van der Waals surface area contributed by atoms with Gasteiger partial charge in [0, 0.05) is 19.2 Å². The lowest BCUT2D eigenvalue weighted by molar-refractivity contribution is -0.146. The number of nitrogens with zero attached hydrogens (tertiary/aromatic N) is 3. The molecule has 1 amide bonds. The number of ether oxygens (including phenoxy) is 1. The van der Waals surface area contributed by atoms with Crippen molar-refractivity contribution in [2.24, 2.45) is 7.05 Å². The van der Waals surface area contributed by atoms with E-state index in [0.29, 0.717) is 37.4 Å². The molecule has 0 unspecified atom stereocenters. The van der Waals surface area contributed by atoms with Crippen LogP contribution in [0.25, 0.3) is 0 Å². The molecule has 1 aromatic carbocycles. The van der Waals surface area contributed by atoms with Gasteiger partial charge >= 0.3 is 0 Å². The first kappa shape index (κ1) is 15.1. The molecule has 0 N–H and O–H groups in total. The van der Waals surface area contributed by atoms with Gasteiger partial charge in [-0.1, -0.05) is 24.3 Å². The first-order valence-electron chi connectivity index (χ1n) is 8.16. The summed E-state index contributed by atoms with van der Waals surface area (Å²) in [5.41, 5.74) is 3.52. The lowest BCUT2D eigenvalue weighted by atomic mass is 9.96. The maximum absolute atomic E-state index is 13.0. The molecule has 0 saturated heterocycles. The zero-order valence-electron chi connectivity index (χ0n) is 13.6. The van der Waals surface area contributed by atoms with Crippen molar-refractivity contribution in [3.8, 4) is 0 Å². The zero-order valence-corrected chi connectivity index (χ0v) is 13.6. The second kappa shape index (κ2) is 5.87. The van der Waals surface area contributed by atoms with Gasteiger partial charge in [0.25, 0.3) is 11.5 Å². The third-order valence-electron chi connectivity index (χ3n) is 4.82. The van der Waals surface area contributed by atoms with Crippen molar-refractivity contribution in [2.45, 2.75) is 25.5 Å². The summed E-state index contributed by atoms with van der Waals surface area (Å²) in [5, 5.41) is 0. The highest BCUT2D eigenvalue weighted by molar-refractivity contribution is 5.83. The van der Waals surface area contributed by atoms with Gasteiger partial charge in [-0.05, 0) is 24.0 Å². The fourth-order valence-corrected chi connectivity index (χ4v) is 3.47. The summed E-state index contributed by atoms with van der Waals surface area (Å²) in [5.74, 6) is -0.0460. The molecule has 2 aliphatic rings. The number of carbonyl (C=O) groups is 1. The fraction of sp³-hybridized carbons (Fsp3) is 0.389. The molecule has 0 spiro atoms. The number of carbonyl (C=O) groups excluding carboxylic acids is 1. The molecule has 0 radical (unpaired) electrons. The minimum Gasteiger partial charge on any atom is -0.363 e. The Kier molecular flexibility index (Phi) is 3.69. The van der Waals surface area contributed by atoms with Gasteiger partial charge in [0.1, 0.15) is 0 Å². The average molecular weight is 325 g/mol. The Balaban J connectivity index is 1.61. The summed E-state index contributed by atoms with van der Waals surface area (Å²) in [7, 11) is 1.69. The van der Waals surface area contributed by atoms with Gasteiger partial charge in [0.05, 0.1) is 25.2 Å². The number of fused-ring (bicyclic) bond motifs is 2. The highest BCUT2D eigenvalue weighted by Crippen LogP contribution is 2.29. The number of hydrogen-bond acceptors (Lipinski definition) is 4. The van der Waals surface area contributed by atoms with Crippen LogP contribution in [0.3, 0.4) is 0 Å². The molecule has 2 aliphatic heterocycles. The molecule has 0 bridgehead atoms. The van der Waals surface area contributed by atoms with Gasteiger partial charge in [0.15, 0.2) is 6.10 Å². The molecule has 1 atom stereocenters. The molecule has 124 valence electrons. The Hall–Kier alpha value is -2.47. The standard InChI is InChI=1S/C18H19N3O3/c1-20-11-19-15-10-21(8-6-14(15)17(20)22)18(23)16-13-5-3-2-4-12(13)7-9-24-16/h2-5,11,16H,6-10H2,1H3/t16-/m1/s1. The van der Waals surface area contributed by atoms with Crippen molar-refractivity contribution >= 4 is 5.91 Å². The van der Waals surface area contributed by atoms with E-state index in [0.717, 1.165) is 12.0 Å². The van der Waals surface area contributed by atoms with E-state index in [2.05, 4.69) is 11.1 Å². The Labute approximate surface area is 139 Å². The molecule has 0 fully saturated rings. The molecule has 24 heavy (non-hydrogen) atoms. The molecular formula is C18H19N3O3. The second-order valence-electron chi connectivity index (χ2n) is 6.30. The van der Waals surface area contributed by atoms with Crippen LogP contribution in [-0.4, -0.2) is 33.5 Å². The largest absolute Gasteiger partial charge is 0.363 e. The van der Waals surface area contributed by atoms with Gasteiger partial charge in [-0.25, -0.2) is 4.98 Å². The Morgan fingerprint density at radius 2 is 2.12 bits per heavy atom. The predicted molar refractivity (Wildman–Crippen MR) is 87.4 cm³/mol. The highest BCUT2D eigenvalue weighted by atomic mass is 16.5. The lowest BCUT2D eigenvalue weighted by Crippen LogP contribution is -2.43. The summed E-state index contributed by atoms with van der Waals surface area (Å²) in [6, 6.07) is 7.94. The average Bonchev–Trinajstić information content (AvgIpc) is 2.63. The van der Waals surface area contributed by atoms with Crippen LogP contribution < -0.4 is 5.56 Å². The number of rotatable bonds is 1. The van der Waals surface area contributed by atoms with E-state index in [-0.39, 0.29) is 11.5 Å². The van der Waals surface area contributed by atoms with Gasteiger partial charge < -0.3 is 14.2 Å². The Morgan fingerprint density at radius 3 is 3.00 bits per heavy atom. The smallest absolute Gasteiger partial charge is 0.256 e. The van der Waals surface area contributed by atoms with Crippen LogP contribution in [0.15, 0.2) is 35.4 Å². The van der Waals surface area contributed by atoms with Gasteiger partial charge in [-0.2, -0.15) is 0 Å². The number of aromatic nitrogens is 2. The SMILES string of the molecule is Cn1cnc2c(c1=O)CCN(C(=O)[C@@H]1OCCc3ccccc31)C2. The predicted octanol–water partition coefficient (Wildman–Crippen LogP) is 0.979. The van der Waals surface area contributed by atoms with Crippen molar-refractivity contribution in [2.75, 3.05) is 13.2 Å². The zero-order chi connectivity index (χ0) is 16.7. The van der Waals surface area contributed by atoms with Crippen molar-refractivity contribution in [3.05, 3.63) is 63.3 Å². The third kappa shape index (κ3) is 2.43. The first-order valence-corrected chi connectivity index (χ1v) is 8.16. The molecule has 0 aliphatic carbocycles. The maximum atomic E-state index is 13.0. The summed E-state index contributed by atoms with van der Waals surface area (Å²) >= 11 is 0. The minimum absolute atomic E-state index is 0.0219. The molecular weight excluding hydrogens is 306 g/mol. The molecule has 1 aromatic heterocycles. The van der Waals surface area contributed by atoms with Crippen LogP contribution in [0.5, 0.6) is 0 Å². The number of aryl methyl sites for hydroxylation is 1. The van der Waals surface area contributed by atoms with Crippen molar-refractivity contribution < 1.29 is 9.53 Å². The lowest BCUT2D eigenvalue weighted by Gasteiger charge is -2.33. The van der Waals surface area contributed by atoms with E-state index in [1.165, 1.54) is 16.5 Å². The molecule has 4 rings (SSSR count). The van der Waals surface area contributed by atoms with E-state index in [9.17, 15) is 9.59 Å². The monoisotopic (exact) mass is 325 g/mol. The first-order chi connectivity index (χ1) is 11.6. The summed E-state index contributed by atoms with van der Waals surface area (Å²) < 4.78 is 7.26. The number of benzene rings is 1. The van der Waals surface area contributed by atoms with E-state index in [1.807, 2.05) is 18.2 Å². The summed E-state index contributed by atoms with van der Waals surface area (Å²) in [6.07, 6.45) is 2.33. The van der Waals surface area contributed by atoms with E-state index >= 15 is 0 Å². The molecule has 6 heteroatoms. The van der Waals surface area contributed by atoms with Crippen LogP contribution in [0.2, 0.25) is 0 Å². The topological polar surface area (TPSA) is 64.4 Å². The molecule has 2 aromatic rings. The van der Waals surface area contributed by atoms with Crippen molar-refractivity contribution in [1.82, 2.24) is 14.5 Å². The van der Waals surface area contributed by atoms with Crippen LogP contribution in [-0.2, 0) is 36.0 Å². The van der Waals surface area contributed by atoms with E-state index in [4.69, 9.17) is 4.74 Å². The van der Waals surface area contributed by atoms with Gasteiger partial charge in [-0.3, -0.25) is 9.59 Å².